The minimum Gasteiger partial charge on any atom is -0.335 e. The van der Waals surface area contributed by atoms with E-state index in [-0.39, 0.29) is 36.7 Å². The highest BCUT2D eigenvalue weighted by Gasteiger charge is 2.37. The fraction of sp³-hybridized carbons (Fsp3) is 0.318. The highest BCUT2D eigenvalue weighted by Crippen LogP contribution is 2.29. The molecule has 0 atom stereocenters. The first-order chi connectivity index (χ1) is 13.0. The molecule has 0 radical (unpaired) electrons. The standard InChI is InChI=1S/C22H22N2O3/c1-15-7-10-18-19(13-15)22(27)23(21(18)26)12-11-20(25)24(17-8-9-17)14-16-5-3-2-4-6-16/h2-7,10,13,17H,8-9,11-12,14H2,1H3. The van der Waals surface area contributed by atoms with Crippen LogP contribution >= 0.6 is 0 Å². The van der Waals surface area contributed by atoms with E-state index < -0.39 is 0 Å². The first kappa shape index (κ1) is 17.5. The lowest BCUT2D eigenvalue weighted by molar-refractivity contribution is -0.132. The van der Waals surface area contributed by atoms with E-state index in [2.05, 4.69) is 0 Å². The molecule has 2 aromatic carbocycles. The molecule has 1 heterocycles. The fourth-order valence-corrected chi connectivity index (χ4v) is 3.55. The molecule has 1 fully saturated rings. The van der Waals surface area contributed by atoms with Gasteiger partial charge in [-0.1, -0.05) is 42.0 Å². The second kappa shape index (κ2) is 6.99. The molecule has 5 nitrogen and oxygen atoms in total. The van der Waals surface area contributed by atoms with Gasteiger partial charge in [0, 0.05) is 25.6 Å². The average molecular weight is 362 g/mol. The van der Waals surface area contributed by atoms with Crippen molar-refractivity contribution in [3.63, 3.8) is 0 Å². The molecular weight excluding hydrogens is 340 g/mol. The molecule has 0 aromatic heterocycles. The van der Waals surface area contributed by atoms with Crippen molar-refractivity contribution >= 4 is 17.7 Å². The first-order valence-corrected chi connectivity index (χ1v) is 9.35. The monoisotopic (exact) mass is 362 g/mol. The van der Waals surface area contributed by atoms with Gasteiger partial charge >= 0.3 is 0 Å². The Bertz CT molecular complexity index is 903. The van der Waals surface area contributed by atoms with Crippen molar-refractivity contribution < 1.29 is 14.4 Å². The lowest BCUT2D eigenvalue weighted by Crippen LogP contribution is -2.37. The van der Waals surface area contributed by atoms with E-state index in [1.165, 1.54) is 4.90 Å². The zero-order valence-corrected chi connectivity index (χ0v) is 15.4. The molecule has 0 unspecified atom stereocenters. The third-order valence-electron chi connectivity index (χ3n) is 5.18. The molecule has 27 heavy (non-hydrogen) atoms. The number of carbonyl (C=O) groups is 3. The molecular formula is C22H22N2O3. The summed E-state index contributed by atoms with van der Waals surface area (Å²) >= 11 is 0. The van der Waals surface area contributed by atoms with Gasteiger partial charge in [-0.05, 0) is 37.5 Å². The average Bonchev–Trinajstić information content (AvgIpc) is 3.48. The maximum Gasteiger partial charge on any atom is 0.261 e. The van der Waals surface area contributed by atoms with Crippen LogP contribution < -0.4 is 0 Å². The van der Waals surface area contributed by atoms with Crippen LogP contribution in [0.3, 0.4) is 0 Å². The minimum absolute atomic E-state index is 0.00547. The number of hydrogen-bond acceptors (Lipinski definition) is 3. The number of nitrogens with zero attached hydrogens (tertiary/aromatic N) is 2. The van der Waals surface area contributed by atoms with Crippen LogP contribution in [0, 0.1) is 6.92 Å². The molecule has 1 aliphatic carbocycles. The second-order valence-electron chi connectivity index (χ2n) is 7.30. The van der Waals surface area contributed by atoms with Crippen LogP contribution in [-0.4, -0.2) is 40.1 Å². The Hall–Kier alpha value is -2.95. The van der Waals surface area contributed by atoms with Gasteiger partial charge in [0.15, 0.2) is 0 Å². The van der Waals surface area contributed by atoms with Crippen LogP contribution in [0.5, 0.6) is 0 Å². The molecule has 138 valence electrons. The fourth-order valence-electron chi connectivity index (χ4n) is 3.55. The highest BCUT2D eigenvalue weighted by molar-refractivity contribution is 6.21. The molecule has 2 aromatic rings. The Kier molecular flexibility index (Phi) is 4.52. The first-order valence-electron chi connectivity index (χ1n) is 9.35. The second-order valence-corrected chi connectivity index (χ2v) is 7.30. The van der Waals surface area contributed by atoms with Crippen molar-refractivity contribution in [1.82, 2.24) is 9.80 Å². The lowest BCUT2D eigenvalue weighted by atomic mass is 10.1. The van der Waals surface area contributed by atoms with E-state index in [4.69, 9.17) is 0 Å². The van der Waals surface area contributed by atoms with Crippen molar-refractivity contribution in [2.45, 2.75) is 38.8 Å². The summed E-state index contributed by atoms with van der Waals surface area (Å²) in [5, 5.41) is 0. The van der Waals surface area contributed by atoms with Gasteiger partial charge in [0.25, 0.3) is 11.8 Å². The Morgan fingerprint density at radius 1 is 1.04 bits per heavy atom. The largest absolute Gasteiger partial charge is 0.335 e. The van der Waals surface area contributed by atoms with Crippen molar-refractivity contribution in [3.8, 4) is 0 Å². The molecule has 2 aliphatic rings. The Morgan fingerprint density at radius 3 is 2.44 bits per heavy atom. The van der Waals surface area contributed by atoms with E-state index in [0.29, 0.717) is 17.7 Å². The quantitative estimate of drug-likeness (QED) is 0.742. The van der Waals surface area contributed by atoms with Gasteiger partial charge in [-0.25, -0.2) is 0 Å². The minimum atomic E-state index is -0.302. The number of aryl methyl sites for hydroxylation is 1. The smallest absolute Gasteiger partial charge is 0.261 e. The van der Waals surface area contributed by atoms with Crippen molar-refractivity contribution in [2.24, 2.45) is 0 Å². The van der Waals surface area contributed by atoms with Gasteiger partial charge in [0.05, 0.1) is 11.1 Å². The topological polar surface area (TPSA) is 57.7 Å². The van der Waals surface area contributed by atoms with E-state index >= 15 is 0 Å². The number of fused-ring (bicyclic) bond motifs is 1. The predicted molar refractivity (Wildman–Crippen MR) is 101 cm³/mol. The summed E-state index contributed by atoms with van der Waals surface area (Å²) in [6.45, 7) is 2.59. The normalized spacial score (nSPS) is 15.8. The van der Waals surface area contributed by atoms with E-state index in [1.807, 2.05) is 48.2 Å². The van der Waals surface area contributed by atoms with Gasteiger partial charge in [-0.3, -0.25) is 19.3 Å². The predicted octanol–water partition coefficient (Wildman–Crippen LogP) is 3.17. The molecule has 5 heteroatoms. The van der Waals surface area contributed by atoms with Gasteiger partial charge in [0.1, 0.15) is 0 Å². The van der Waals surface area contributed by atoms with Gasteiger partial charge in [-0.15, -0.1) is 0 Å². The summed E-state index contributed by atoms with van der Waals surface area (Å²) in [7, 11) is 0. The van der Waals surface area contributed by atoms with Crippen molar-refractivity contribution in [1.29, 1.82) is 0 Å². The van der Waals surface area contributed by atoms with Crippen LogP contribution in [-0.2, 0) is 11.3 Å². The number of benzene rings is 2. The molecule has 0 N–H and O–H groups in total. The SMILES string of the molecule is Cc1ccc2c(c1)C(=O)N(CCC(=O)N(Cc1ccccc1)C1CC1)C2=O. The molecule has 3 amide bonds. The molecule has 1 aliphatic heterocycles. The molecule has 0 spiro atoms. The van der Waals surface area contributed by atoms with E-state index in [9.17, 15) is 14.4 Å². The van der Waals surface area contributed by atoms with Crippen LogP contribution in [0.4, 0.5) is 0 Å². The molecule has 4 rings (SSSR count). The number of amides is 3. The van der Waals surface area contributed by atoms with Crippen LogP contribution in [0.2, 0.25) is 0 Å². The number of carbonyl (C=O) groups excluding carboxylic acids is 3. The summed E-state index contributed by atoms with van der Waals surface area (Å²) in [6.07, 6.45) is 2.20. The Balaban J connectivity index is 1.42. The summed E-state index contributed by atoms with van der Waals surface area (Å²) in [4.78, 5) is 41.0. The Labute approximate surface area is 158 Å². The van der Waals surface area contributed by atoms with Crippen molar-refractivity contribution in [2.75, 3.05) is 6.54 Å². The maximum atomic E-state index is 12.8. The highest BCUT2D eigenvalue weighted by atomic mass is 16.2. The van der Waals surface area contributed by atoms with Crippen molar-refractivity contribution in [3.05, 3.63) is 70.8 Å². The number of rotatable bonds is 6. The van der Waals surface area contributed by atoms with E-state index in [0.717, 1.165) is 24.0 Å². The summed E-state index contributed by atoms with van der Waals surface area (Å²) in [6, 6.07) is 15.4. The summed E-state index contributed by atoms with van der Waals surface area (Å²) in [5.74, 6) is -0.606. The van der Waals surface area contributed by atoms with Gasteiger partial charge in [0.2, 0.25) is 5.91 Å². The third kappa shape index (κ3) is 3.50. The number of imide groups is 1. The summed E-state index contributed by atoms with van der Waals surface area (Å²) in [5.41, 5.74) is 2.90. The van der Waals surface area contributed by atoms with Crippen LogP contribution in [0.1, 0.15) is 51.1 Å². The van der Waals surface area contributed by atoms with Crippen LogP contribution in [0.15, 0.2) is 48.5 Å². The molecule has 0 bridgehead atoms. The zero-order valence-electron chi connectivity index (χ0n) is 15.4. The third-order valence-corrected chi connectivity index (χ3v) is 5.18. The van der Waals surface area contributed by atoms with Gasteiger partial charge < -0.3 is 4.90 Å². The molecule has 1 saturated carbocycles. The zero-order chi connectivity index (χ0) is 19.0. The lowest BCUT2D eigenvalue weighted by Gasteiger charge is -2.24. The van der Waals surface area contributed by atoms with E-state index in [1.54, 1.807) is 12.1 Å². The maximum absolute atomic E-state index is 12.8. The number of hydrogen-bond donors (Lipinski definition) is 0. The Morgan fingerprint density at radius 2 is 1.74 bits per heavy atom. The molecule has 0 saturated heterocycles. The van der Waals surface area contributed by atoms with Gasteiger partial charge in [-0.2, -0.15) is 0 Å². The summed E-state index contributed by atoms with van der Waals surface area (Å²) < 4.78 is 0. The van der Waals surface area contributed by atoms with Crippen LogP contribution in [0.25, 0.3) is 0 Å².